The van der Waals surface area contributed by atoms with E-state index in [4.69, 9.17) is 0 Å². The number of aromatic amines is 1. The van der Waals surface area contributed by atoms with Crippen molar-refractivity contribution in [1.82, 2.24) is 20.4 Å². The summed E-state index contributed by atoms with van der Waals surface area (Å²) in [5.41, 5.74) is 1.74. The number of benzene rings is 1. The van der Waals surface area contributed by atoms with Gasteiger partial charge in [-0.2, -0.15) is 18.3 Å². The first kappa shape index (κ1) is 16.8. The molecule has 1 aliphatic rings. The molecule has 0 saturated carbocycles. The monoisotopic (exact) mass is 340 g/mol. The predicted molar refractivity (Wildman–Crippen MR) is 83.4 cm³/mol. The molecule has 8 heteroatoms. The van der Waals surface area contributed by atoms with Crippen molar-refractivity contribution in [2.75, 3.05) is 13.6 Å². The Balaban J connectivity index is 1.55. The van der Waals surface area contributed by atoms with Crippen LogP contribution in [0.5, 0.6) is 0 Å². The summed E-state index contributed by atoms with van der Waals surface area (Å²) in [7, 11) is 1.45. The van der Waals surface area contributed by atoms with Crippen LogP contribution in [0.1, 0.15) is 18.4 Å². The third-order valence-corrected chi connectivity index (χ3v) is 4.44. The van der Waals surface area contributed by atoms with E-state index in [1.165, 1.54) is 11.9 Å². The van der Waals surface area contributed by atoms with E-state index in [9.17, 15) is 18.0 Å². The Kier molecular flexibility index (Phi) is 4.49. The molecule has 1 amide bonds. The molecule has 1 saturated heterocycles. The lowest BCUT2D eigenvalue weighted by Gasteiger charge is -2.38. The molecule has 5 nitrogen and oxygen atoms in total. The fourth-order valence-corrected chi connectivity index (χ4v) is 3.24. The molecular weight excluding hydrogens is 321 g/mol. The second-order valence-electron chi connectivity index (χ2n) is 6.31. The third-order valence-electron chi connectivity index (χ3n) is 4.44. The highest BCUT2D eigenvalue weighted by molar-refractivity contribution is 5.83. The molecule has 130 valence electrons. The highest BCUT2D eigenvalue weighted by Gasteiger charge is 2.44. The number of halogens is 3. The molecule has 1 aliphatic heterocycles. The molecule has 0 bridgehead atoms. The van der Waals surface area contributed by atoms with Crippen LogP contribution in [0.2, 0.25) is 0 Å². The number of likely N-dealkylation sites (tertiary alicyclic amines) is 1. The van der Waals surface area contributed by atoms with Crippen molar-refractivity contribution < 1.29 is 18.0 Å². The Labute approximate surface area is 137 Å². The molecule has 0 radical (unpaired) electrons. The van der Waals surface area contributed by atoms with Gasteiger partial charge in [-0.25, -0.2) is 0 Å². The number of alkyl halides is 3. The Morgan fingerprint density at radius 2 is 2.21 bits per heavy atom. The Bertz CT molecular complexity index is 727. The first-order valence-corrected chi connectivity index (χ1v) is 7.81. The van der Waals surface area contributed by atoms with Gasteiger partial charge in [-0.3, -0.25) is 14.8 Å². The lowest BCUT2D eigenvalue weighted by molar-refractivity contribution is -0.188. The predicted octanol–water partition coefficient (Wildman–Crippen LogP) is 2.25. The van der Waals surface area contributed by atoms with Gasteiger partial charge in [-0.05, 0) is 37.6 Å². The summed E-state index contributed by atoms with van der Waals surface area (Å²) in [4.78, 5) is 13.4. The minimum absolute atomic E-state index is 0.00588. The fraction of sp³-hybridized carbons (Fsp3) is 0.500. The van der Waals surface area contributed by atoms with Crippen LogP contribution in [0.15, 0.2) is 24.4 Å². The zero-order valence-corrected chi connectivity index (χ0v) is 13.2. The lowest BCUT2D eigenvalue weighted by atomic mass is 9.98. The number of piperidine rings is 1. The van der Waals surface area contributed by atoms with Crippen molar-refractivity contribution in [2.45, 2.75) is 37.5 Å². The van der Waals surface area contributed by atoms with E-state index in [1.807, 2.05) is 18.2 Å². The summed E-state index contributed by atoms with van der Waals surface area (Å²) in [6, 6.07) is 3.90. The maximum Gasteiger partial charge on any atom is 0.404 e. The molecule has 2 heterocycles. The summed E-state index contributed by atoms with van der Waals surface area (Å²) < 4.78 is 38.5. The number of fused-ring (bicyclic) bond motifs is 1. The van der Waals surface area contributed by atoms with E-state index in [0.717, 1.165) is 16.5 Å². The Morgan fingerprint density at radius 1 is 1.42 bits per heavy atom. The molecule has 0 unspecified atom stereocenters. The number of carbonyl (C=O) groups is 1. The standard InChI is InChI=1S/C16H19F3N4O/c1-23-9-12(3-5-14(23)16(17,18)19)21-15(24)7-10-2-4-13-11(6-10)8-20-22-13/h2,4,6,8,12,14H,3,5,7,9H2,1H3,(H,20,22)(H,21,24)/t12-,14+/m0/s1. The maximum atomic E-state index is 12.8. The van der Waals surface area contributed by atoms with Gasteiger partial charge in [0.05, 0.1) is 18.1 Å². The lowest BCUT2D eigenvalue weighted by Crippen LogP contribution is -2.54. The van der Waals surface area contributed by atoms with Crippen molar-refractivity contribution in [3.8, 4) is 0 Å². The number of nitrogens with one attached hydrogen (secondary N) is 2. The van der Waals surface area contributed by atoms with E-state index < -0.39 is 12.2 Å². The number of H-pyrrole nitrogens is 1. The number of hydrogen-bond acceptors (Lipinski definition) is 3. The number of aromatic nitrogens is 2. The van der Waals surface area contributed by atoms with E-state index in [1.54, 1.807) is 6.20 Å². The second-order valence-corrected chi connectivity index (χ2v) is 6.31. The number of hydrogen-bond donors (Lipinski definition) is 2. The molecule has 2 N–H and O–H groups in total. The summed E-state index contributed by atoms with van der Waals surface area (Å²) in [6.45, 7) is 0.205. The molecule has 2 aromatic rings. The van der Waals surface area contributed by atoms with E-state index in [-0.39, 0.29) is 31.3 Å². The van der Waals surface area contributed by atoms with Gasteiger partial charge in [-0.1, -0.05) is 6.07 Å². The van der Waals surface area contributed by atoms with Crippen LogP contribution < -0.4 is 5.32 Å². The van der Waals surface area contributed by atoms with Gasteiger partial charge < -0.3 is 5.32 Å². The average molecular weight is 340 g/mol. The van der Waals surface area contributed by atoms with Gasteiger partial charge in [0.25, 0.3) is 0 Å². The molecule has 0 spiro atoms. The van der Waals surface area contributed by atoms with Crippen LogP contribution in [0.4, 0.5) is 13.2 Å². The van der Waals surface area contributed by atoms with Crippen molar-refractivity contribution in [3.05, 3.63) is 30.0 Å². The van der Waals surface area contributed by atoms with Crippen LogP contribution in [-0.2, 0) is 11.2 Å². The van der Waals surface area contributed by atoms with E-state index in [0.29, 0.717) is 6.42 Å². The first-order valence-electron chi connectivity index (χ1n) is 7.81. The van der Waals surface area contributed by atoms with Crippen LogP contribution >= 0.6 is 0 Å². The van der Waals surface area contributed by atoms with Gasteiger partial charge in [0.15, 0.2) is 0 Å². The minimum Gasteiger partial charge on any atom is -0.352 e. The van der Waals surface area contributed by atoms with Crippen molar-refractivity contribution in [2.24, 2.45) is 0 Å². The first-order chi connectivity index (χ1) is 11.3. The molecule has 1 aromatic carbocycles. The van der Waals surface area contributed by atoms with Gasteiger partial charge >= 0.3 is 6.18 Å². The van der Waals surface area contributed by atoms with Crippen molar-refractivity contribution in [3.63, 3.8) is 0 Å². The zero-order valence-electron chi connectivity index (χ0n) is 13.2. The highest BCUT2D eigenvalue weighted by atomic mass is 19.4. The highest BCUT2D eigenvalue weighted by Crippen LogP contribution is 2.30. The van der Waals surface area contributed by atoms with Crippen molar-refractivity contribution >= 4 is 16.8 Å². The molecule has 2 atom stereocenters. The Hall–Kier alpha value is -2.09. The molecule has 0 aliphatic carbocycles. The SMILES string of the molecule is CN1C[C@@H](NC(=O)Cc2ccc3[nH]ncc3c2)CC[C@@H]1C(F)(F)F. The average Bonchev–Trinajstić information content (AvgIpc) is 2.93. The normalized spacial score (nSPS) is 22.7. The van der Waals surface area contributed by atoms with E-state index in [2.05, 4.69) is 15.5 Å². The minimum atomic E-state index is -4.22. The smallest absolute Gasteiger partial charge is 0.352 e. The molecule has 1 fully saturated rings. The number of likely N-dealkylation sites (N-methyl/N-ethyl adjacent to an activating group) is 1. The van der Waals surface area contributed by atoms with Crippen LogP contribution in [0, 0.1) is 0 Å². The van der Waals surface area contributed by atoms with Gasteiger partial charge in [-0.15, -0.1) is 0 Å². The number of rotatable bonds is 3. The Morgan fingerprint density at radius 3 is 2.92 bits per heavy atom. The van der Waals surface area contributed by atoms with Crippen LogP contribution in [0.25, 0.3) is 10.9 Å². The maximum absolute atomic E-state index is 12.8. The molecular formula is C16H19F3N4O. The van der Waals surface area contributed by atoms with Crippen molar-refractivity contribution in [1.29, 1.82) is 0 Å². The zero-order chi connectivity index (χ0) is 17.3. The number of nitrogens with zero attached hydrogens (tertiary/aromatic N) is 2. The fourth-order valence-electron chi connectivity index (χ4n) is 3.24. The summed E-state index contributed by atoms with van der Waals surface area (Å²) in [5.74, 6) is -0.179. The van der Waals surface area contributed by atoms with Gasteiger partial charge in [0, 0.05) is 18.0 Å². The number of amides is 1. The molecule has 1 aromatic heterocycles. The topological polar surface area (TPSA) is 61.0 Å². The third kappa shape index (κ3) is 3.69. The van der Waals surface area contributed by atoms with Gasteiger partial charge in [0.2, 0.25) is 5.91 Å². The summed E-state index contributed by atoms with van der Waals surface area (Å²) in [5, 5.41) is 10.5. The number of carbonyl (C=O) groups excluding carboxylic acids is 1. The molecule has 3 rings (SSSR count). The largest absolute Gasteiger partial charge is 0.404 e. The molecule has 24 heavy (non-hydrogen) atoms. The van der Waals surface area contributed by atoms with Crippen LogP contribution in [-0.4, -0.2) is 52.9 Å². The van der Waals surface area contributed by atoms with Gasteiger partial charge in [0.1, 0.15) is 6.04 Å². The summed E-state index contributed by atoms with van der Waals surface area (Å²) in [6.07, 6.45) is -2.00. The van der Waals surface area contributed by atoms with E-state index >= 15 is 0 Å². The van der Waals surface area contributed by atoms with Crippen LogP contribution in [0.3, 0.4) is 0 Å². The second kappa shape index (κ2) is 6.43. The summed E-state index contributed by atoms with van der Waals surface area (Å²) >= 11 is 0. The quantitative estimate of drug-likeness (QED) is 0.901.